The van der Waals surface area contributed by atoms with Crippen molar-refractivity contribution in [2.24, 2.45) is 5.92 Å². The van der Waals surface area contributed by atoms with Gasteiger partial charge in [-0.05, 0) is 60.4 Å². The minimum Gasteiger partial charge on any atom is -0.354 e. The highest BCUT2D eigenvalue weighted by molar-refractivity contribution is 7.92. The van der Waals surface area contributed by atoms with E-state index in [1.807, 2.05) is 51.1 Å². The molecule has 1 N–H and O–H groups in total. The first-order chi connectivity index (χ1) is 18.5. The number of nitrogens with one attached hydrogen (secondary N) is 1. The number of hydrogen-bond donors (Lipinski definition) is 1. The molecule has 3 aromatic carbocycles. The summed E-state index contributed by atoms with van der Waals surface area (Å²) in [7, 11) is -4.20. The van der Waals surface area contributed by atoms with Crippen LogP contribution in [0.5, 0.6) is 0 Å². The van der Waals surface area contributed by atoms with Crippen LogP contribution in [0.1, 0.15) is 32.8 Å². The predicted octanol–water partition coefficient (Wildman–Crippen LogP) is 5.77. The third kappa shape index (κ3) is 8.21. The van der Waals surface area contributed by atoms with Crippen LogP contribution in [-0.2, 0) is 26.2 Å². The summed E-state index contributed by atoms with van der Waals surface area (Å²) in [6.07, 6.45) is 0.351. The van der Waals surface area contributed by atoms with E-state index < -0.39 is 28.5 Å². The Labute approximate surface area is 240 Å². The van der Waals surface area contributed by atoms with Crippen LogP contribution in [0, 0.1) is 5.92 Å². The fourth-order valence-electron chi connectivity index (χ4n) is 4.02. The van der Waals surface area contributed by atoms with E-state index in [-0.39, 0.29) is 29.0 Å². The number of hydrogen-bond acceptors (Lipinski definition) is 4. The van der Waals surface area contributed by atoms with Crippen molar-refractivity contribution in [2.75, 3.05) is 17.4 Å². The summed E-state index contributed by atoms with van der Waals surface area (Å²) in [5.74, 6) is -0.583. The number of nitrogens with zero attached hydrogens (tertiary/aromatic N) is 2. The molecule has 39 heavy (non-hydrogen) atoms. The minimum absolute atomic E-state index is 0.0315. The SMILES string of the molecule is CC[C@H](C(=O)NCC(C)C)N(Cc1ccccc1)C(=O)CN(c1cccc(Cl)c1)S(=O)(=O)c1ccc(Cl)cc1. The topological polar surface area (TPSA) is 86.8 Å². The van der Waals surface area contributed by atoms with E-state index in [0.717, 1.165) is 9.87 Å². The molecule has 2 amide bonds. The second-order valence-electron chi connectivity index (χ2n) is 9.52. The zero-order valence-corrected chi connectivity index (χ0v) is 24.5. The van der Waals surface area contributed by atoms with Gasteiger partial charge in [0.2, 0.25) is 11.8 Å². The molecule has 0 radical (unpaired) electrons. The first-order valence-corrected chi connectivity index (χ1v) is 14.9. The molecule has 0 saturated carbocycles. The average molecular weight is 591 g/mol. The van der Waals surface area contributed by atoms with Crippen LogP contribution in [0.4, 0.5) is 5.69 Å². The van der Waals surface area contributed by atoms with Gasteiger partial charge in [0, 0.05) is 23.1 Å². The summed E-state index contributed by atoms with van der Waals surface area (Å²) in [5.41, 5.74) is 1.04. The molecule has 3 aromatic rings. The number of carbonyl (C=O) groups is 2. The quantitative estimate of drug-likeness (QED) is 0.290. The number of carbonyl (C=O) groups excluding carboxylic acids is 2. The number of benzene rings is 3. The molecule has 3 rings (SSSR count). The maximum atomic E-state index is 14.0. The van der Waals surface area contributed by atoms with Gasteiger partial charge in [0.25, 0.3) is 10.0 Å². The van der Waals surface area contributed by atoms with Gasteiger partial charge < -0.3 is 10.2 Å². The molecule has 0 unspecified atom stereocenters. The lowest BCUT2D eigenvalue weighted by molar-refractivity contribution is -0.140. The summed E-state index contributed by atoms with van der Waals surface area (Å²) >= 11 is 12.2. The predicted molar refractivity (Wildman–Crippen MR) is 156 cm³/mol. The molecule has 7 nitrogen and oxygen atoms in total. The highest BCUT2D eigenvalue weighted by Crippen LogP contribution is 2.27. The normalized spacial score (nSPS) is 12.2. The molecular weight excluding hydrogens is 557 g/mol. The van der Waals surface area contributed by atoms with Crippen LogP contribution in [0.25, 0.3) is 0 Å². The number of sulfonamides is 1. The van der Waals surface area contributed by atoms with Crippen LogP contribution in [-0.4, -0.2) is 44.3 Å². The molecule has 0 spiro atoms. The van der Waals surface area contributed by atoms with Crippen molar-refractivity contribution in [3.8, 4) is 0 Å². The fraction of sp³-hybridized carbons (Fsp3) is 0.310. The smallest absolute Gasteiger partial charge is 0.264 e. The first-order valence-electron chi connectivity index (χ1n) is 12.7. The molecular formula is C29H33Cl2N3O4S. The molecule has 10 heteroatoms. The van der Waals surface area contributed by atoms with Crippen LogP contribution >= 0.6 is 23.2 Å². The summed E-state index contributed by atoms with van der Waals surface area (Å²) in [6, 6.07) is 20.5. The third-order valence-corrected chi connectivity index (χ3v) is 8.32. The molecule has 0 saturated heterocycles. The zero-order chi connectivity index (χ0) is 28.6. The Morgan fingerprint density at radius 2 is 1.56 bits per heavy atom. The van der Waals surface area contributed by atoms with E-state index in [1.165, 1.54) is 35.2 Å². The van der Waals surface area contributed by atoms with E-state index >= 15 is 0 Å². The van der Waals surface area contributed by atoms with Gasteiger partial charge in [-0.3, -0.25) is 13.9 Å². The van der Waals surface area contributed by atoms with Crippen molar-refractivity contribution in [3.05, 3.63) is 94.5 Å². The second-order valence-corrected chi connectivity index (χ2v) is 12.3. The van der Waals surface area contributed by atoms with Gasteiger partial charge in [-0.15, -0.1) is 0 Å². The lowest BCUT2D eigenvalue weighted by atomic mass is 10.1. The molecule has 208 valence electrons. The van der Waals surface area contributed by atoms with E-state index in [1.54, 1.807) is 18.2 Å². The summed E-state index contributed by atoms with van der Waals surface area (Å²) in [4.78, 5) is 28.6. The van der Waals surface area contributed by atoms with Gasteiger partial charge in [-0.2, -0.15) is 0 Å². The van der Waals surface area contributed by atoms with Gasteiger partial charge in [0.05, 0.1) is 10.6 Å². The van der Waals surface area contributed by atoms with Gasteiger partial charge in [-0.25, -0.2) is 8.42 Å². The number of anilines is 1. The molecule has 0 aliphatic heterocycles. The lowest BCUT2D eigenvalue weighted by Gasteiger charge is -2.33. The van der Waals surface area contributed by atoms with Crippen LogP contribution in [0.2, 0.25) is 10.0 Å². The zero-order valence-electron chi connectivity index (χ0n) is 22.2. The molecule has 0 heterocycles. The number of rotatable bonds is 12. The Kier molecular flexibility index (Phi) is 10.8. The van der Waals surface area contributed by atoms with Crippen molar-refractivity contribution < 1.29 is 18.0 Å². The fourth-order valence-corrected chi connectivity index (χ4v) is 5.73. The van der Waals surface area contributed by atoms with Crippen molar-refractivity contribution in [1.29, 1.82) is 0 Å². The molecule has 0 aromatic heterocycles. The van der Waals surface area contributed by atoms with Crippen LogP contribution in [0.3, 0.4) is 0 Å². The second kappa shape index (κ2) is 13.8. The Bertz CT molecular complexity index is 1370. The van der Waals surface area contributed by atoms with E-state index in [9.17, 15) is 18.0 Å². The van der Waals surface area contributed by atoms with Crippen molar-refractivity contribution >= 4 is 50.7 Å². The Morgan fingerprint density at radius 3 is 2.15 bits per heavy atom. The minimum atomic E-state index is -4.20. The molecule has 1 atom stereocenters. The Hall–Kier alpha value is -3.07. The van der Waals surface area contributed by atoms with Crippen LogP contribution < -0.4 is 9.62 Å². The summed E-state index contributed by atoms with van der Waals surface area (Å²) in [6.45, 7) is 5.85. The largest absolute Gasteiger partial charge is 0.354 e. The first kappa shape index (κ1) is 30.5. The molecule has 0 bridgehead atoms. The van der Waals surface area contributed by atoms with Crippen LogP contribution in [0.15, 0.2) is 83.8 Å². The van der Waals surface area contributed by atoms with E-state index in [2.05, 4.69) is 5.32 Å². The maximum Gasteiger partial charge on any atom is 0.264 e. The third-order valence-electron chi connectivity index (χ3n) is 6.04. The summed E-state index contributed by atoms with van der Waals surface area (Å²) < 4.78 is 28.6. The highest BCUT2D eigenvalue weighted by atomic mass is 35.5. The van der Waals surface area contributed by atoms with Gasteiger partial charge >= 0.3 is 0 Å². The Morgan fingerprint density at radius 1 is 0.897 bits per heavy atom. The highest BCUT2D eigenvalue weighted by Gasteiger charge is 2.33. The standard InChI is InChI=1S/C29H33Cl2N3O4S/c1-4-27(29(36)32-18-21(2)3)33(19-22-9-6-5-7-10-22)28(35)20-34(25-12-8-11-24(31)17-25)39(37,38)26-15-13-23(30)14-16-26/h5-17,21,27H,4,18-20H2,1-3H3,(H,32,36)/t27-/m1/s1. The van der Waals surface area contributed by atoms with Crippen molar-refractivity contribution in [2.45, 2.75) is 44.7 Å². The van der Waals surface area contributed by atoms with E-state index in [4.69, 9.17) is 23.2 Å². The average Bonchev–Trinajstić information content (AvgIpc) is 2.91. The van der Waals surface area contributed by atoms with Crippen molar-refractivity contribution in [3.63, 3.8) is 0 Å². The monoisotopic (exact) mass is 589 g/mol. The molecule has 0 fully saturated rings. The molecule has 0 aliphatic rings. The lowest BCUT2D eigenvalue weighted by Crippen LogP contribution is -2.52. The summed E-state index contributed by atoms with van der Waals surface area (Å²) in [5, 5.41) is 3.61. The van der Waals surface area contributed by atoms with Crippen molar-refractivity contribution in [1.82, 2.24) is 10.2 Å². The number of amides is 2. The Balaban J connectivity index is 2.03. The van der Waals surface area contributed by atoms with Gasteiger partial charge in [0.15, 0.2) is 0 Å². The van der Waals surface area contributed by atoms with Gasteiger partial charge in [-0.1, -0.05) is 80.4 Å². The molecule has 0 aliphatic carbocycles. The maximum absolute atomic E-state index is 14.0. The van der Waals surface area contributed by atoms with Gasteiger partial charge in [0.1, 0.15) is 12.6 Å². The van der Waals surface area contributed by atoms with E-state index in [0.29, 0.717) is 23.0 Å². The number of halogens is 2.